The van der Waals surface area contributed by atoms with Gasteiger partial charge in [-0.2, -0.15) is 0 Å². The number of rotatable bonds is 2. The fraction of sp³-hybridized carbons (Fsp3) is 0.706. The summed E-state index contributed by atoms with van der Waals surface area (Å²) in [5, 5.41) is 5.43. The van der Waals surface area contributed by atoms with Gasteiger partial charge in [-0.1, -0.05) is 6.42 Å². The van der Waals surface area contributed by atoms with Crippen molar-refractivity contribution in [2.45, 2.75) is 51.6 Å². The molecule has 2 aliphatic carbocycles. The van der Waals surface area contributed by atoms with E-state index in [0.29, 0.717) is 12.0 Å². The van der Waals surface area contributed by atoms with Crippen LogP contribution in [0.15, 0.2) is 11.4 Å². The van der Waals surface area contributed by atoms with Crippen LogP contribution in [-0.4, -0.2) is 23.5 Å². The second-order valence-electron chi connectivity index (χ2n) is 7.12. The Balaban J connectivity index is 1.36. The first-order valence-electron chi connectivity index (χ1n) is 8.31. The third-order valence-electron chi connectivity index (χ3n) is 5.88. The monoisotopic (exact) mass is 304 g/mol. The lowest BCUT2D eigenvalue weighted by Crippen LogP contribution is -2.48. The predicted octanol–water partition coefficient (Wildman–Crippen LogP) is 3.64. The Morgan fingerprint density at radius 1 is 1.43 bits per heavy atom. The highest BCUT2D eigenvalue weighted by atomic mass is 32.1. The fourth-order valence-corrected chi connectivity index (χ4v) is 5.61. The van der Waals surface area contributed by atoms with Gasteiger partial charge < -0.3 is 10.2 Å². The molecular weight excluding hydrogens is 280 g/mol. The lowest BCUT2D eigenvalue weighted by molar-refractivity contribution is 0.178. The van der Waals surface area contributed by atoms with Crippen molar-refractivity contribution in [1.82, 2.24) is 10.2 Å². The molecule has 1 aromatic rings. The van der Waals surface area contributed by atoms with Gasteiger partial charge >= 0.3 is 6.03 Å². The summed E-state index contributed by atoms with van der Waals surface area (Å²) in [5.41, 5.74) is 1.34. The number of carbonyl (C=O) groups excluding carboxylic acids is 1. The van der Waals surface area contributed by atoms with Gasteiger partial charge in [0.15, 0.2) is 0 Å². The first kappa shape index (κ1) is 13.6. The van der Waals surface area contributed by atoms with Crippen LogP contribution in [0.25, 0.3) is 0 Å². The SMILES string of the molecule is C[C@@H](NC(=O)N1CCc2sccc2C1)[C@H]1C[C@H]2CC[C@H]1C2. The lowest BCUT2D eigenvalue weighted by atomic mass is 9.84. The maximum atomic E-state index is 12.5. The average molecular weight is 304 g/mol. The highest BCUT2D eigenvalue weighted by Gasteiger charge is 2.42. The molecule has 114 valence electrons. The third-order valence-corrected chi connectivity index (χ3v) is 6.90. The standard InChI is InChI=1S/C17H24N2OS/c1-11(15-9-12-2-3-13(15)8-12)18-17(20)19-6-4-16-14(10-19)5-7-21-16/h5,7,11-13,15H,2-4,6,8-10H2,1H3,(H,18,20)/t11-,12+,13+,15-/m1/s1. The Labute approximate surface area is 130 Å². The molecule has 2 saturated carbocycles. The largest absolute Gasteiger partial charge is 0.335 e. The highest BCUT2D eigenvalue weighted by molar-refractivity contribution is 7.10. The first-order chi connectivity index (χ1) is 10.2. The van der Waals surface area contributed by atoms with Gasteiger partial charge in [-0.15, -0.1) is 11.3 Å². The van der Waals surface area contributed by atoms with E-state index in [4.69, 9.17) is 0 Å². The van der Waals surface area contributed by atoms with Gasteiger partial charge in [0.05, 0.1) is 0 Å². The molecule has 0 radical (unpaired) electrons. The number of urea groups is 1. The zero-order valence-corrected chi connectivity index (χ0v) is 13.5. The van der Waals surface area contributed by atoms with Crippen molar-refractivity contribution in [3.63, 3.8) is 0 Å². The minimum absolute atomic E-state index is 0.141. The van der Waals surface area contributed by atoms with Crippen LogP contribution < -0.4 is 5.32 Å². The molecule has 2 fully saturated rings. The highest BCUT2D eigenvalue weighted by Crippen LogP contribution is 2.49. The summed E-state index contributed by atoms with van der Waals surface area (Å²) in [5.74, 6) is 2.53. The number of hydrogen-bond acceptors (Lipinski definition) is 2. The fourth-order valence-electron chi connectivity index (χ4n) is 4.72. The van der Waals surface area contributed by atoms with Gasteiger partial charge in [-0.05, 0) is 67.4 Å². The summed E-state index contributed by atoms with van der Waals surface area (Å²) in [7, 11) is 0. The molecule has 4 rings (SSSR count). The van der Waals surface area contributed by atoms with Gasteiger partial charge in [-0.25, -0.2) is 4.79 Å². The van der Waals surface area contributed by atoms with E-state index in [2.05, 4.69) is 23.7 Å². The van der Waals surface area contributed by atoms with Crippen LogP contribution in [0.4, 0.5) is 4.79 Å². The molecule has 21 heavy (non-hydrogen) atoms. The Bertz CT molecular complexity index is 541. The molecule has 1 N–H and O–H groups in total. The van der Waals surface area contributed by atoms with Gasteiger partial charge in [0.25, 0.3) is 0 Å². The zero-order chi connectivity index (χ0) is 14.4. The van der Waals surface area contributed by atoms with Crippen molar-refractivity contribution in [1.29, 1.82) is 0 Å². The summed E-state index contributed by atoms with van der Waals surface area (Å²) in [6.45, 7) is 3.86. The molecule has 0 saturated heterocycles. The Morgan fingerprint density at radius 3 is 3.10 bits per heavy atom. The summed E-state index contributed by atoms with van der Waals surface area (Å²) in [6.07, 6.45) is 6.57. The summed E-state index contributed by atoms with van der Waals surface area (Å²) >= 11 is 1.82. The van der Waals surface area contributed by atoms with Crippen LogP contribution in [0.3, 0.4) is 0 Å². The molecule has 3 nitrogen and oxygen atoms in total. The van der Waals surface area contributed by atoms with E-state index in [1.165, 1.54) is 36.1 Å². The third kappa shape index (κ3) is 2.48. The zero-order valence-electron chi connectivity index (χ0n) is 12.7. The molecule has 2 bridgehead atoms. The topological polar surface area (TPSA) is 32.3 Å². The van der Waals surface area contributed by atoms with E-state index < -0.39 is 0 Å². The van der Waals surface area contributed by atoms with Gasteiger partial charge in [-0.3, -0.25) is 0 Å². The van der Waals surface area contributed by atoms with E-state index in [1.54, 1.807) is 0 Å². The minimum Gasteiger partial charge on any atom is -0.335 e. The summed E-state index contributed by atoms with van der Waals surface area (Å²) < 4.78 is 0. The van der Waals surface area contributed by atoms with Crippen LogP contribution in [0.5, 0.6) is 0 Å². The van der Waals surface area contributed by atoms with E-state index in [0.717, 1.165) is 31.3 Å². The molecule has 2 amide bonds. The average Bonchev–Trinajstić information content (AvgIpc) is 3.21. The van der Waals surface area contributed by atoms with Crippen LogP contribution in [0.1, 0.15) is 43.0 Å². The summed E-state index contributed by atoms with van der Waals surface area (Å²) in [4.78, 5) is 16.0. The number of hydrogen-bond donors (Lipinski definition) is 1. The minimum atomic E-state index is 0.141. The first-order valence-corrected chi connectivity index (χ1v) is 9.19. The molecule has 3 aliphatic rings. The van der Waals surface area contributed by atoms with Crippen LogP contribution in [0, 0.1) is 17.8 Å². The quantitative estimate of drug-likeness (QED) is 0.889. The van der Waals surface area contributed by atoms with Gasteiger partial charge in [0, 0.05) is 24.0 Å². The number of thiophene rings is 1. The Kier molecular flexibility index (Phi) is 3.44. The van der Waals surface area contributed by atoms with Crippen molar-refractivity contribution >= 4 is 17.4 Å². The van der Waals surface area contributed by atoms with Crippen molar-refractivity contribution in [2.24, 2.45) is 17.8 Å². The Hall–Kier alpha value is -1.03. The second-order valence-corrected chi connectivity index (χ2v) is 8.12. The molecule has 1 aromatic heterocycles. The maximum absolute atomic E-state index is 12.5. The van der Waals surface area contributed by atoms with Gasteiger partial charge in [0.1, 0.15) is 0 Å². The van der Waals surface area contributed by atoms with Crippen LogP contribution >= 0.6 is 11.3 Å². The van der Waals surface area contributed by atoms with Crippen LogP contribution in [-0.2, 0) is 13.0 Å². The number of fused-ring (bicyclic) bond motifs is 3. The van der Waals surface area contributed by atoms with E-state index >= 15 is 0 Å². The van der Waals surface area contributed by atoms with Crippen molar-refractivity contribution in [3.05, 3.63) is 21.9 Å². The van der Waals surface area contributed by atoms with E-state index in [1.807, 2.05) is 16.2 Å². The normalized spacial score (nSPS) is 32.0. The summed E-state index contributed by atoms with van der Waals surface area (Å²) in [6, 6.07) is 2.64. The number of amides is 2. The molecular formula is C17H24N2OS. The lowest BCUT2D eigenvalue weighted by Gasteiger charge is -2.32. The second kappa shape index (κ2) is 5.31. The number of nitrogens with one attached hydrogen (secondary N) is 1. The van der Waals surface area contributed by atoms with Crippen molar-refractivity contribution < 1.29 is 4.79 Å². The van der Waals surface area contributed by atoms with E-state index in [-0.39, 0.29) is 6.03 Å². The molecule has 4 heteroatoms. The number of nitrogens with zero attached hydrogens (tertiary/aromatic N) is 1. The smallest absolute Gasteiger partial charge is 0.317 e. The van der Waals surface area contributed by atoms with E-state index in [9.17, 15) is 4.79 Å². The molecule has 1 aliphatic heterocycles. The van der Waals surface area contributed by atoms with Gasteiger partial charge in [0.2, 0.25) is 0 Å². The maximum Gasteiger partial charge on any atom is 0.317 e. The molecule has 0 aromatic carbocycles. The number of carbonyl (C=O) groups is 1. The van der Waals surface area contributed by atoms with Crippen LogP contribution in [0.2, 0.25) is 0 Å². The molecule has 2 heterocycles. The molecule has 0 spiro atoms. The molecule has 4 atom stereocenters. The van der Waals surface area contributed by atoms with Crippen molar-refractivity contribution in [3.8, 4) is 0 Å². The Morgan fingerprint density at radius 2 is 2.33 bits per heavy atom. The predicted molar refractivity (Wildman–Crippen MR) is 85.4 cm³/mol. The van der Waals surface area contributed by atoms with Crippen molar-refractivity contribution in [2.75, 3.05) is 6.54 Å². The molecule has 0 unspecified atom stereocenters.